The molecule has 0 radical (unpaired) electrons. The maximum atomic E-state index is 11.9. The average molecular weight is 332 g/mol. The number of carbonyl (C=O) groups excluding carboxylic acids is 1. The fourth-order valence-electron chi connectivity index (χ4n) is 1.06. The summed E-state index contributed by atoms with van der Waals surface area (Å²) in [4.78, 5) is 11.9. The lowest BCUT2D eigenvalue weighted by molar-refractivity contribution is -0.123. The fraction of sp³-hybridized carbons (Fsp3) is 0.417. The van der Waals surface area contributed by atoms with Crippen LogP contribution in [-0.2, 0) is 4.79 Å². The van der Waals surface area contributed by atoms with Gasteiger partial charge in [-0.3, -0.25) is 4.79 Å². The summed E-state index contributed by atoms with van der Waals surface area (Å²) in [6.45, 7) is 6.04. The minimum Gasteiger partial charge on any atom is -0.329 e. The van der Waals surface area contributed by atoms with Crippen LogP contribution in [0.25, 0.3) is 0 Å². The maximum Gasteiger partial charge on any atom is 0.231 e. The third-order valence-corrected chi connectivity index (χ3v) is 3.72. The summed E-state index contributed by atoms with van der Waals surface area (Å²) in [7, 11) is 0. The van der Waals surface area contributed by atoms with Gasteiger partial charge in [-0.25, -0.2) is 0 Å². The zero-order chi connectivity index (χ0) is 12.3. The van der Waals surface area contributed by atoms with Gasteiger partial charge in [0, 0.05) is 15.8 Å². The van der Waals surface area contributed by atoms with E-state index in [4.69, 9.17) is 5.73 Å². The van der Waals surface area contributed by atoms with Gasteiger partial charge in [-0.15, -0.1) is 0 Å². The third-order valence-electron chi connectivity index (χ3n) is 2.55. The van der Waals surface area contributed by atoms with E-state index in [9.17, 15) is 4.79 Å². The first-order chi connectivity index (χ1) is 7.36. The first-order valence-electron chi connectivity index (χ1n) is 5.14. The molecular formula is C12H17IN2O. The monoisotopic (exact) mass is 332 g/mol. The number of amides is 1. The first-order valence-corrected chi connectivity index (χ1v) is 6.22. The van der Waals surface area contributed by atoms with Crippen molar-refractivity contribution in [2.75, 3.05) is 11.9 Å². The van der Waals surface area contributed by atoms with E-state index >= 15 is 0 Å². The van der Waals surface area contributed by atoms with Crippen molar-refractivity contribution in [3.63, 3.8) is 0 Å². The Kier molecular flexibility index (Phi) is 4.32. The number of nitrogens with two attached hydrogens (primary N) is 1. The predicted octanol–water partition coefficient (Wildman–Crippen LogP) is 2.52. The molecule has 3 N–H and O–H groups in total. The molecule has 0 fully saturated rings. The standard InChI is InChI=1S/C12H17IN2O/c1-8-4-5-9(6-10(8)13)15-11(16)12(2,3)7-14/h4-6H,7,14H2,1-3H3,(H,15,16). The normalized spacial score (nSPS) is 11.3. The number of benzene rings is 1. The Balaban J connectivity index is 2.82. The Morgan fingerprint density at radius 3 is 2.62 bits per heavy atom. The van der Waals surface area contributed by atoms with Crippen LogP contribution in [0.3, 0.4) is 0 Å². The highest BCUT2D eigenvalue weighted by atomic mass is 127. The Morgan fingerprint density at radius 1 is 1.50 bits per heavy atom. The number of anilines is 1. The van der Waals surface area contributed by atoms with Crippen LogP contribution in [0.4, 0.5) is 5.69 Å². The maximum absolute atomic E-state index is 11.9. The van der Waals surface area contributed by atoms with Crippen molar-refractivity contribution in [1.29, 1.82) is 0 Å². The van der Waals surface area contributed by atoms with Crippen molar-refractivity contribution in [1.82, 2.24) is 0 Å². The molecule has 1 aromatic rings. The van der Waals surface area contributed by atoms with Gasteiger partial charge in [0.1, 0.15) is 0 Å². The van der Waals surface area contributed by atoms with Crippen LogP contribution in [-0.4, -0.2) is 12.5 Å². The molecule has 88 valence electrons. The van der Waals surface area contributed by atoms with Crippen molar-refractivity contribution in [2.45, 2.75) is 20.8 Å². The van der Waals surface area contributed by atoms with Gasteiger partial charge in [-0.1, -0.05) is 6.07 Å². The van der Waals surface area contributed by atoms with Crippen molar-refractivity contribution in [3.05, 3.63) is 27.3 Å². The van der Waals surface area contributed by atoms with Crippen LogP contribution in [0.1, 0.15) is 19.4 Å². The van der Waals surface area contributed by atoms with Crippen LogP contribution in [0.5, 0.6) is 0 Å². The quantitative estimate of drug-likeness (QED) is 0.836. The van der Waals surface area contributed by atoms with E-state index in [1.54, 1.807) is 0 Å². The van der Waals surface area contributed by atoms with Crippen LogP contribution in [0.2, 0.25) is 0 Å². The van der Waals surface area contributed by atoms with Crippen LogP contribution in [0, 0.1) is 15.9 Å². The molecule has 16 heavy (non-hydrogen) atoms. The van der Waals surface area contributed by atoms with Crippen molar-refractivity contribution >= 4 is 34.2 Å². The third kappa shape index (κ3) is 3.18. The minimum atomic E-state index is -0.531. The molecule has 3 nitrogen and oxygen atoms in total. The Morgan fingerprint density at radius 2 is 2.12 bits per heavy atom. The van der Waals surface area contributed by atoms with Gasteiger partial charge in [0.25, 0.3) is 0 Å². The number of nitrogens with one attached hydrogen (secondary N) is 1. The second kappa shape index (κ2) is 5.14. The molecule has 1 aromatic carbocycles. The van der Waals surface area contributed by atoms with Gasteiger partial charge >= 0.3 is 0 Å². The molecule has 0 saturated carbocycles. The van der Waals surface area contributed by atoms with Gasteiger partial charge < -0.3 is 11.1 Å². The van der Waals surface area contributed by atoms with Crippen LogP contribution < -0.4 is 11.1 Å². The first kappa shape index (κ1) is 13.4. The molecule has 1 rings (SSSR count). The number of carbonyl (C=O) groups is 1. The lowest BCUT2D eigenvalue weighted by Gasteiger charge is -2.21. The average Bonchev–Trinajstić information content (AvgIpc) is 2.23. The van der Waals surface area contributed by atoms with E-state index in [1.165, 1.54) is 5.56 Å². The molecule has 0 spiro atoms. The SMILES string of the molecule is Cc1ccc(NC(=O)C(C)(C)CN)cc1I. The summed E-state index contributed by atoms with van der Waals surface area (Å²) in [5.74, 6) is -0.0466. The van der Waals surface area contributed by atoms with E-state index in [0.29, 0.717) is 6.54 Å². The van der Waals surface area contributed by atoms with Crippen LogP contribution in [0.15, 0.2) is 18.2 Å². The lowest BCUT2D eigenvalue weighted by Crippen LogP contribution is -2.37. The second-order valence-corrected chi connectivity index (χ2v) is 5.67. The molecular weight excluding hydrogens is 315 g/mol. The van der Waals surface area contributed by atoms with Crippen molar-refractivity contribution in [2.24, 2.45) is 11.1 Å². The molecule has 0 bridgehead atoms. The summed E-state index contributed by atoms with van der Waals surface area (Å²) in [5.41, 5.74) is 7.05. The summed E-state index contributed by atoms with van der Waals surface area (Å²) in [5, 5.41) is 2.88. The van der Waals surface area contributed by atoms with Crippen molar-refractivity contribution in [3.8, 4) is 0 Å². The summed E-state index contributed by atoms with van der Waals surface area (Å²) in [6, 6.07) is 5.86. The number of rotatable bonds is 3. The smallest absolute Gasteiger partial charge is 0.231 e. The second-order valence-electron chi connectivity index (χ2n) is 4.51. The topological polar surface area (TPSA) is 55.1 Å². The molecule has 4 heteroatoms. The van der Waals surface area contributed by atoms with Crippen molar-refractivity contribution < 1.29 is 4.79 Å². The molecule has 0 unspecified atom stereocenters. The molecule has 0 aromatic heterocycles. The number of halogens is 1. The zero-order valence-electron chi connectivity index (χ0n) is 9.80. The lowest BCUT2D eigenvalue weighted by atomic mass is 9.92. The van der Waals surface area contributed by atoms with Gasteiger partial charge in [0.05, 0.1) is 5.41 Å². The zero-order valence-corrected chi connectivity index (χ0v) is 12.0. The van der Waals surface area contributed by atoms with Gasteiger partial charge in [-0.05, 0) is 61.1 Å². The number of hydrogen-bond acceptors (Lipinski definition) is 2. The molecule has 0 heterocycles. The van der Waals surface area contributed by atoms with E-state index in [1.807, 2.05) is 39.0 Å². The van der Waals surface area contributed by atoms with Gasteiger partial charge in [0.2, 0.25) is 5.91 Å². The molecule has 0 atom stereocenters. The predicted molar refractivity (Wildman–Crippen MR) is 75.4 cm³/mol. The highest BCUT2D eigenvalue weighted by Crippen LogP contribution is 2.20. The highest BCUT2D eigenvalue weighted by Gasteiger charge is 2.25. The van der Waals surface area contributed by atoms with E-state index in [-0.39, 0.29) is 5.91 Å². The number of aryl methyl sites for hydroxylation is 1. The highest BCUT2D eigenvalue weighted by molar-refractivity contribution is 14.1. The molecule has 0 aliphatic carbocycles. The van der Waals surface area contributed by atoms with E-state index in [2.05, 4.69) is 27.9 Å². The largest absolute Gasteiger partial charge is 0.329 e. The molecule has 0 aliphatic rings. The molecule has 0 saturated heterocycles. The Hall–Kier alpha value is -0.620. The minimum absolute atomic E-state index is 0.0466. The van der Waals surface area contributed by atoms with Gasteiger partial charge in [0.15, 0.2) is 0 Å². The van der Waals surface area contributed by atoms with E-state index < -0.39 is 5.41 Å². The number of hydrogen-bond donors (Lipinski definition) is 2. The van der Waals surface area contributed by atoms with Crippen LogP contribution >= 0.6 is 22.6 Å². The summed E-state index contributed by atoms with van der Waals surface area (Å²) < 4.78 is 1.14. The molecule has 1 amide bonds. The summed E-state index contributed by atoms with van der Waals surface area (Å²) in [6.07, 6.45) is 0. The van der Waals surface area contributed by atoms with E-state index in [0.717, 1.165) is 9.26 Å². The molecule has 0 aliphatic heterocycles. The van der Waals surface area contributed by atoms with Gasteiger partial charge in [-0.2, -0.15) is 0 Å². The fourth-order valence-corrected chi connectivity index (χ4v) is 1.58. The summed E-state index contributed by atoms with van der Waals surface area (Å²) >= 11 is 2.25. The Bertz CT molecular complexity index is 402. The Labute approximate surface area is 110 Å².